The minimum absolute atomic E-state index is 0.0379. The van der Waals surface area contributed by atoms with Gasteiger partial charge in [0, 0.05) is 30.8 Å². The van der Waals surface area contributed by atoms with E-state index in [1.165, 1.54) is 18.6 Å². The van der Waals surface area contributed by atoms with Crippen LogP contribution in [0.15, 0.2) is 59.5 Å². The quantitative estimate of drug-likeness (QED) is 0.432. The molecule has 2 aliphatic carbocycles. The summed E-state index contributed by atoms with van der Waals surface area (Å²) in [6.07, 6.45) is 7.35. The summed E-state index contributed by atoms with van der Waals surface area (Å²) in [5.41, 5.74) is 0.141. The normalized spacial score (nSPS) is 26.0. The van der Waals surface area contributed by atoms with Crippen molar-refractivity contribution < 1.29 is 27.6 Å². The number of carbonyl (C=O) groups is 1. The van der Waals surface area contributed by atoms with Crippen LogP contribution in [0.2, 0.25) is 0 Å². The fourth-order valence-electron chi connectivity index (χ4n) is 6.29. The van der Waals surface area contributed by atoms with Gasteiger partial charge in [-0.2, -0.15) is 8.42 Å². The molecule has 2 aromatic carbocycles. The molecule has 1 saturated heterocycles. The number of likely N-dealkylation sites (tertiary alicyclic amines) is 1. The lowest BCUT2D eigenvalue weighted by molar-refractivity contribution is -0.191. The fraction of sp³-hybridized carbons (Fsp3) is 0.552. The highest BCUT2D eigenvalue weighted by Gasteiger charge is 2.50. The maximum absolute atomic E-state index is 13.3. The second-order valence-corrected chi connectivity index (χ2v) is 12.4. The van der Waals surface area contributed by atoms with Crippen LogP contribution in [0.5, 0.6) is 0 Å². The molecular weight excluding hydrogens is 490 g/mol. The van der Waals surface area contributed by atoms with E-state index in [-0.39, 0.29) is 16.9 Å². The fourth-order valence-corrected chi connectivity index (χ4v) is 6.77. The van der Waals surface area contributed by atoms with E-state index in [0.717, 1.165) is 57.2 Å². The third-order valence-corrected chi connectivity index (χ3v) is 9.07. The molecule has 2 N–H and O–H groups in total. The van der Waals surface area contributed by atoms with Gasteiger partial charge in [0.05, 0.1) is 4.90 Å². The van der Waals surface area contributed by atoms with Gasteiger partial charge in [-0.25, -0.2) is 4.79 Å². The van der Waals surface area contributed by atoms with Crippen molar-refractivity contribution >= 4 is 16.1 Å². The molecule has 3 atom stereocenters. The smallest absolute Gasteiger partial charge is 0.343 e. The van der Waals surface area contributed by atoms with Crippen molar-refractivity contribution in [3.63, 3.8) is 0 Å². The minimum Gasteiger partial charge on any atom is -0.459 e. The zero-order valence-corrected chi connectivity index (χ0v) is 22.6. The number of rotatable bonds is 5. The number of esters is 1. The molecule has 0 spiro atoms. The lowest BCUT2D eigenvalue weighted by Crippen LogP contribution is -2.54. The number of aliphatic hydroxyl groups is 1. The second kappa shape index (κ2) is 11.6. The summed E-state index contributed by atoms with van der Waals surface area (Å²) >= 11 is 0. The standard InChI is InChI=1S/C22H31NO3.C7H8O3S/c1-23-14-16-8-7-9-17(15-23)20(16)26-21(24)22(25,19-12-5-6-13-19)18-10-3-2-4-11-18;1-6-2-4-7(5-3-6)11(8,9)10/h2-4,10-11,16-17,19-20,25H,5-9,12-15H2,1H3;2-5H,1H3,(H,8,9,10)/t16?,17?,20?,22-;/m0./s1. The summed E-state index contributed by atoms with van der Waals surface area (Å²) < 4.78 is 35.7. The van der Waals surface area contributed by atoms with Gasteiger partial charge < -0.3 is 14.7 Å². The Morgan fingerprint density at radius 3 is 2.03 bits per heavy atom. The molecule has 2 unspecified atom stereocenters. The summed E-state index contributed by atoms with van der Waals surface area (Å²) in [7, 11) is -1.86. The monoisotopic (exact) mass is 529 g/mol. The van der Waals surface area contributed by atoms with E-state index in [2.05, 4.69) is 11.9 Å². The Bertz CT molecular complexity index is 1130. The Morgan fingerprint density at radius 1 is 0.919 bits per heavy atom. The maximum atomic E-state index is 13.3. The van der Waals surface area contributed by atoms with Crippen molar-refractivity contribution in [2.45, 2.75) is 68.5 Å². The van der Waals surface area contributed by atoms with Crippen LogP contribution < -0.4 is 0 Å². The lowest BCUT2D eigenvalue weighted by Gasteiger charge is -2.46. The predicted octanol–water partition coefficient (Wildman–Crippen LogP) is 4.58. The third kappa shape index (κ3) is 6.42. The van der Waals surface area contributed by atoms with Crippen LogP contribution in [0.3, 0.4) is 0 Å². The number of nitrogens with zero attached hydrogens (tertiary/aromatic N) is 1. The zero-order valence-electron chi connectivity index (χ0n) is 21.8. The van der Waals surface area contributed by atoms with Crippen LogP contribution in [0.25, 0.3) is 0 Å². The molecule has 2 bridgehead atoms. The molecule has 7 nitrogen and oxygen atoms in total. The van der Waals surface area contributed by atoms with Crippen LogP contribution in [0.4, 0.5) is 0 Å². The Labute approximate surface area is 220 Å². The van der Waals surface area contributed by atoms with E-state index < -0.39 is 21.7 Å². The first-order valence-electron chi connectivity index (χ1n) is 13.3. The number of hydrogen-bond acceptors (Lipinski definition) is 6. The Balaban J connectivity index is 0.000000245. The highest BCUT2D eigenvalue weighted by atomic mass is 32.2. The van der Waals surface area contributed by atoms with Gasteiger partial charge in [0.15, 0.2) is 5.60 Å². The first-order valence-corrected chi connectivity index (χ1v) is 14.7. The van der Waals surface area contributed by atoms with Gasteiger partial charge in [0.1, 0.15) is 6.10 Å². The molecule has 5 rings (SSSR count). The van der Waals surface area contributed by atoms with E-state index in [0.29, 0.717) is 17.4 Å². The Kier molecular flexibility index (Phi) is 8.74. The van der Waals surface area contributed by atoms with Gasteiger partial charge in [-0.15, -0.1) is 0 Å². The summed E-state index contributed by atoms with van der Waals surface area (Å²) in [5, 5.41) is 11.6. The lowest BCUT2D eigenvalue weighted by atomic mass is 9.75. The number of ether oxygens (including phenoxy) is 1. The zero-order chi connectivity index (χ0) is 26.6. The number of hydrogen-bond donors (Lipinski definition) is 2. The second-order valence-electron chi connectivity index (χ2n) is 10.9. The molecule has 3 aliphatic rings. The molecule has 1 aliphatic heterocycles. The average Bonchev–Trinajstić information content (AvgIpc) is 3.40. The molecule has 2 aromatic rings. The van der Waals surface area contributed by atoms with Crippen molar-refractivity contribution in [1.82, 2.24) is 4.90 Å². The highest BCUT2D eigenvalue weighted by molar-refractivity contribution is 7.85. The van der Waals surface area contributed by atoms with Crippen molar-refractivity contribution in [2.24, 2.45) is 17.8 Å². The molecule has 1 heterocycles. The third-order valence-electron chi connectivity index (χ3n) is 8.20. The number of piperidine rings is 1. The molecular formula is C29H39NO6S. The summed E-state index contributed by atoms with van der Waals surface area (Å²) in [6, 6.07) is 15.4. The molecule has 0 aromatic heterocycles. The SMILES string of the molecule is CN1CC2CCCC(C1)C2OC(=O)[C@](O)(c1ccccc1)C1CCCC1.Cc1ccc(S(=O)(=O)O)cc1. The summed E-state index contributed by atoms with van der Waals surface area (Å²) in [6.45, 7) is 3.82. The van der Waals surface area contributed by atoms with Crippen molar-refractivity contribution in [3.05, 3.63) is 65.7 Å². The van der Waals surface area contributed by atoms with Crippen molar-refractivity contribution in [3.8, 4) is 0 Å². The van der Waals surface area contributed by atoms with Gasteiger partial charge in [0.2, 0.25) is 0 Å². The topological polar surface area (TPSA) is 104 Å². The first-order chi connectivity index (χ1) is 17.6. The Morgan fingerprint density at radius 2 is 1.49 bits per heavy atom. The summed E-state index contributed by atoms with van der Waals surface area (Å²) in [4.78, 5) is 15.6. The van der Waals surface area contributed by atoms with Gasteiger partial charge in [0.25, 0.3) is 10.1 Å². The number of fused-ring (bicyclic) bond motifs is 2. The van der Waals surface area contributed by atoms with Crippen LogP contribution in [0, 0.1) is 24.7 Å². The molecule has 3 fully saturated rings. The van der Waals surface area contributed by atoms with Crippen LogP contribution in [0.1, 0.15) is 56.1 Å². The average molecular weight is 530 g/mol. The van der Waals surface area contributed by atoms with Crippen LogP contribution in [-0.2, 0) is 25.3 Å². The maximum Gasteiger partial charge on any atom is 0.343 e. The molecule has 0 amide bonds. The first kappa shape index (κ1) is 27.8. The molecule has 202 valence electrons. The molecule has 0 radical (unpaired) electrons. The minimum atomic E-state index is -4.02. The molecule has 8 heteroatoms. The van der Waals surface area contributed by atoms with E-state index in [1.807, 2.05) is 37.3 Å². The molecule has 2 saturated carbocycles. The van der Waals surface area contributed by atoms with Gasteiger partial charge in [-0.05, 0) is 57.4 Å². The summed E-state index contributed by atoms with van der Waals surface area (Å²) in [5.74, 6) is 0.352. The van der Waals surface area contributed by atoms with E-state index >= 15 is 0 Å². The van der Waals surface area contributed by atoms with Crippen LogP contribution in [-0.4, -0.2) is 55.2 Å². The largest absolute Gasteiger partial charge is 0.459 e. The van der Waals surface area contributed by atoms with Gasteiger partial charge in [-0.1, -0.05) is 67.3 Å². The van der Waals surface area contributed by atoms with Crippen molar-refractivity contribution in [1.29, 1.82) is 0 Å². The van der Waals surface area contributed by atoms with Crippen molar-refractivity contribution in [2.75, 3.05) is 20.1 Å². The Hall–Kier alpha value is -2.26. The van der Waals surface area contributed by atoms with E-state index in [9.17, 15) is 18.3 Å². The van der Waals surface area contributed by atoms with Gasteiger partial charge in [-0.3, -0.25) is 4.55 Å². The van der Waals surface area contributed by atoms with Gasteiger partial charge >= 0.3 is 5.97 Å². The number of carbonyl (C=O) groups excluding carboxylic acids is 1. The number of aryl methyl sites for hydroxylation is 1. The number of benzene rings is 2. The van der Waals surface area contributed by atoms with Crippen LogP contribution >= 0.6 is 0 Å². The van der Waals surface area contributed by atoms with E-state index in [4.69, 9.17) is 9.29 Å². The predicted molar refractivity (Wildman–Crippen MR) is 141 cm³/mol. The highest BCUT2D eigenvalue weighted by Crippen LogP contribution is 2.43. The van der Waals surface area contributed by atoms with E-state index in [1.54, 1.807) is 12.1 Å². The molecule has 37 heavy (non-hydrogen) atoms.